The number of hydrogen-bond acceptors (Lipinski definition) is 6. The highest BCUT2D eigenvalue weighted by Gasteiger charge is 2.13. The first kappa shape index (κ1) is 13.5. The Balaban J connectivity index is 1.62. The van der Waals surface area contributed by atoms with Crippen molar-refractivity contribution in [3.8, 4) is 17.4 Å². The van der Waals surface area contributed by atoms with Crippen LogP contribution in [0.4, 0.5) is 5.95 Å². The van der Waals surface area contributed by atoms with Gasteiger partial charge in [0, 0.05) is 18.8 Å². The average molecular weight is 287 g/mol. The average Bonchev–Trinajstić information content (AvgIpc) is 2.99. The molecule has 2 heterocycles. The molecule has 0 radical (unpaired) electrons. The van der Waals surface area contributed by atoms with E-state index in [1.54, 1.807) is 12.3 Å². The molecule has 1 aliphatic rings. The molecule has 110 valence electrons. The van der Waals surface area contributed by atoms with Crippen molar-refractivity contribution in [1.82, 2.24) is 9.97 Å². The lowest BCUT2D eigenvalue weighted by atomic mass is 10.2. The van der Waals surface area contributed by atoms with Crippen molar-refractivity contribution in [2.75, 3.05) is 18.7 Å². The summed E-state index contributed by atoms with van der Waals surface area (Å²) in [6, 6.07) is 7.59. The molecule has 1 aromatic carbocycles. The predicted molar refractivity (Wildman–Crippen MR) is 77.7 cm³/mol. The van der Waals surface area contributed by atoms with E-state index in [2.05, 4.69) is 22.2 Å². The molecular formula is C15H17N3O3. The zero-order valence-electron chi connectivity index (χ0n) is 11.8. The highest BCUT2D eigenvalue weighted by molar-refractivity contribution is 5.45. The Kier molecular flexibility index (Phi) is 4.04. The van der Waals surface area contributed by atoms with Crippen molar-refractivity contribution >= 4 is 5.95 Å². The normalized spacial score (nSPS) is 12.2. The predicted octanol–water partition coefficient (Wildman–Crippen LogP) is 2.61. The largest absolute Gasteiger partial charge is 0.478 e. The highest BCUT2D eigenvalue weighted by Crippen LogP contribution is 2.32. The first-order chi connectivity index (χ1) is 10.3. The Morgan fingerprint density at radius 1 is 1.24 bits per heavy atom. The molecule has 1 aromatic heterocycles. The summed E-state index contributed by atoms with van der Waals surface area (Å²) in [4.78, 5) is 8.47. The molecule has 2 aromatic rings. The van der Waals surface area contributed by atoms with Crippen LogP contribution in [0, 0.1) is 0 Å². The van der Waals surface area contributed by atoms with Crippen LogP contribution in [0.15, 0.2) is 30.5 Å². The van der Waals surface area contributed by atoms with Gasteiger partial charge in [-0.15, -0.1) is 0 Å². The number of benzene rings is 1. The molecule has 0 unspecified atom stereocenters. The van der Waals surface area contributed by atoms with Crippen LogP contribution in [-0.2, 0) is 6.54 Å². The van der Waals surface area contributed by atoms with E-state index < -0.39 is 0 Å². The summed E-state index contributed by atoms with van der Waals surface area (Å²) >= 11 is 0. The number of ether oxygens (including phenoxy) is 3. The summed E-state index contributed by atoms with van der Waals surface area (Å²) < 4.78 is 16.1. The van der Waals surface area contributed by atoms with Crippen molar-refractivity contribution in [3.63, 3.8) is 0 Å². The monoisotopic (exact) mass is 287 g/mol. The maximum absolute atomic E-state index is 5.48. The number of anilines is 1. The third-order valence-corrected chi connectivity index (χ3v) is 2.97. The number of nitrogens with zero attached hydrogens (tertiary/aromatic N) is 2. The van der Waals surface area contributed by atoms with Gasteiger partial charge in [-0.05, 0) is 24.1 Å². The quantitative estimate of drug-likeness (QED) is 0.881. The van der Waals surface area contributed by atoms with Gasteiger partial charge in [-0.1, -0.05) is 13.0 Å². The number of rotatable bonds is 6. The molecule has 6 heteroatoms. The lowest BCUT2D eigenvalue weighted by Gasteiger charge is -2.08. The second kappa shape index (κ2) is 6.30. The summed E-state index contributed by atoms with van der Waals surface area (Å²) in [6.45, 7) is 3.60. The van der Waals surface area contributed by atoms with Crippen molar-refractivity contribution in [2.45, 2.75) is 19.9 Å². The highest BCUT2D eigenvalue weighted by atomic mass is 16.7. The minimum atomic E-state index is 0.284. The summed E-state index contributed by atoms with van der Waals surface area (Å²) in [7, 11) is 0. The second-order valence-corrected chi connectivity index (χ2v) is 4.61. The number of fused-ring (bicyclic) bond motifs is 1. The van der Waals surface area contributed by atoms with E-state index in [9.17, 15) is 0 Å². The van der Waals surface area contributed by atoms with Crippen molar-refractivity contribution < 1.29 is 14.2 Å². The van der Waals surface area contributed by atoms with Gasteiger partial charge in [-0.2, -0.15) is 4.98 Å². The van der Waals surface area contributed by atoms with Gasteiger partial charge in [-0.25, -0.2) is 4.98 Å². The Hall–Kier alpha value is -2.50. The zero-order chi connectivity index (χ0) is 14.5. The molecule has 0 saturated carbocycles. The molecule has 0 atom stereocenters. The van der Waals surface area contributed by atoms with Crippen LogP contribution in [-0.4, -0.2) is 23.4 Å². The Labute approximate surface area is 123 Å². The van der Waals surface area contributed by atoms with Gasteiger partial charge in [0.2, 0.25) is 18.6 Å². The molecule has 1 N–H and O–H groups in total. The lowest BCUT2D eigenvalue weighted by Crippen LogP contribution is -2.05. The van der Waals surface area contributed by atoms with Gasteiger partial charge < -0.3 is 19.5 Å². The van der Waals surface area contributed by atoms with Gasteiger partial charge in [-0.3, -0.25) is 0 Å². The first-order valence-corrected chi connectivity index (χ1v) is 6.93. The van der Waals surface area contributed by atoms with Crippen molar-refractivity contribution in [3.05, 3.63) is 36.0 Å². The molecule has 0 bridgehead atoms. The van der Waals surface area contributed by atoms with Crippen LogP contribution in [0.1, 0.15) is 18.9 Å². The fourth-order valence-electron chi connectivity index (χ4n) is 1.95. The molecule has 0 amide bonds. The van der Waals surface area contributed by atoms with Crippen LogP contribution in [0.2, 0.25) is 0 Å². The maximum atomic E-state index is 5.48. The number of hydrogen-bond donors (Lipinski definition) is 1. The van der Waals surface area contributed by atoms with Crippen LogP contribution < -0.4 is 19.5 Å². The van der Waals surface area contributed by atoms with Crippen LogP contribution >= 0.6 is 0 Å². The van der Waals surface area contributed by atoms with Gasteiger partial charge in [0.1, 0.15) is 0 Å². The fraction of sp³-hybridized carbons (Fsp3) is 0.333. The Bertz CT molecular complexity index is 619. The molecule has 0 aliphatic carbocycles. The van der Waals surface area contributed by atoms with E-state index in [4.69, 9.17) is 14.2 Å². The van der Waals surface area contributed by atoms with E-state index in [0.29, 0.717) is 25.0 Å². The molecule has 1 aliphatic heterocycles. The molecule has 0 spiro atoms. The number of aromatic nitrogens is 2. The smallest absolute Gasteiger partial charge is 0.231 e. The van der Waals surface area contributed by atoms with Gasteiger partial charge >= 0.3 is 0 Å². The third kappa shape index (κ3) is 3.34. The zero-order valence-corrected chi connectivity index (χ0v) is 11.8. The summed E-state index contributed by atoms with van der Waals surface area (Å²) in [5, 5.41) is 3.17. The third-order valence-electron chi connectivity index (χ3n) is 2.97. The van der Waals surface area contributed by atoms with Crippen LogP contribution in [0.5, 0.6) is 17.4 Å². The standard InChI is InChI=1S/C15H17N3O3/c1-2-7-19-14-5-6-16-15(18-14)17-9-11-3-4-12-13(8-11)21-10-20-12/h3-6,8H,2,7,9-10H2,1H3,(H,16,17,18). The van der Waals surface area contributed by atoms with Gasteiger partial charge in [0.05, 0.1) is 6.61 Å². The lowest BCUT2D eigenvalue weighted by molar-refractivity contribution is 0.174. The molecule has 0 fully saturated rings. The SMILES string of the molecule is CCCOc1ccnc(NCc2ccc3c(c2)OCO3)n1. The summed E-state index contributed by atoms with van der Waals surface area (Å²) in [6.07, 6.45) is 2.63. The summed E-state index contributed by atoms with van der Waals surface area (Å²) in [5.41, 5.74) is 1.07. The fourth-order valence-corrected chi connectivity index (χ4v) is 1.95. The minimum Gasteiger partial charge on any atom is -0.478 e. The van der Waals surface area contributed by atoms with Crippen molar-refractivity contribution in [1.29, 1.82) is 0 Å². The second-order valence-electron chi connectivity index (χ2n) is 4.61. The molecule has 0 saturated heterocycles. The Morgan fingerprint density at radius 3 is 3.05 bits per heavy atom. The minimum absolute atomic E-state index is 0.284. The molecule has 21 heavy (non-hydrogen) atoms. The maximum Gasteiger partial charge on any atom is 0.231 e. The number of nitrogens with one attached hydrogen (secondary N) is 1. The van der Waals surface area contributed by atoms with Crippen molar-refractivity contribution in [2.24, 2.45) is 0 Å². The first-order valence-electron chi connectivity index (χ1n) is 6.93. The molecule has 3 rings (SSSR count). The topological polar surface area (TPSA) is 65.5 Å². The summed E-state index contributed by atoms with van der Waals surface area (Å²) in [5.74, 6) is 2.68. The van der Waals surface area contributed by atoms with E-state index in [0.717, 1.165) is 23.5 Å². The van der Waals surface area contributed by atoms with E-state index in [1.165, 1.54) is 0 Å². The van der Waals surface area contributed by atoms with Gasteiger partial charge in [0.15, 0.2) is 11.5 Å². The van der Waals surface area contributed by atoms with E-state index in [-0.39, 0.29) is 6.79 Å². The van der Waals surface area contributed by atoms with E-state index >= 15 is 0 Å². The van der Waals surface area contributed by atoms with Crippen LogP contribution in [0.3, 0.4) is 0 Å². The van der Waals surface area contributed by atoms with Gasteiger partial charge in [0.25, 0.3) is 0 Å². The molecular weight excluding hydrogens is 270 g/mol. The Morgan fingerprint density at radius 2 is 2.14 bits per heavy atom. The van der Waals surface area contributed by atoms with Crippen LogP contribution in [0.25, 0.3) is 0 Å². The van der Waals surface area contributed by atoms with E-state index in [1.807, 2.05) is 18.2 Å². The molecule has 6 nitrogen and oxygen atoms in total.